The Kier molecular flexibility index (Phi) is 6.56. The van der Waals surface area contributed by atoms with Gasteiger partial charge < -0.3 is 10.1 Å². The molecule has 2 nitrogen and oxygen atoms in total. The maximum absolute atomic E-state index is 6.15. The second-order valence-corrected chi connectivity index (χ2v) is 6.14. The van der Waals surface area contributed by atoms with Gasteiger partial charge in [-0.2, -0.15) is 0 Å². The largest absolute Gasteiger partial charge is 0.489 e. The van der Waals surface area contributed by atoms with Gasteiger partial charge >= 0.3 is 0 Å². The van der Waals surface area contributed by atoms with Gasteiger partial charge in [0.1, 0.15) is 12.4 Å². The van der Waals surface area contributed by atoms with Crippen LogP contribution in [0.5, 0.6) is 5.75 Å². The maximum atomic E-state index is 6.15. The SMILES string of the molecule is CC[C@@H](C)NCc1cccc(OCc2c(Cl)cccc2Cl)c1. The first-order valence-electron chi connectivity index (χ1n) is 7.48. The zero-order valence-corrected chi connectivity index (χ0v) is 14.4. The molecule has 2 aromatic rings. The van der Waals surface area contributed by atoms with Crippen molar-refractivity contribution in [3.8, 4) is 5.75 Å². The fourth-order valence-corrected chi connectivity index (χ4v) is 2.51. The lowest BCUT2D eigenvalue weighted by atomic mass is 10.2. The summed E-state index contributed by atoms with van der Waals surface area (Å²) in [6.07, 6.45) is 1.11. The molecule has 1 atom stereocenters. The van der Waals surface area contributed by atoms with Crippen molar-refractivity contribution in [2.24, 2.45) is 0 Å². The third kappa shape index (κ3) is 4.91. The molecule has 0 aliphatic rings. The number of rotatable bonds is 7. The van der Waals surface area contributed by atoms with Gasteiger partial charge in [-0.25, -0.2) is 0 Å². The van der Waals surface area contributed by atoms with Gasteiger partial charge in [0.05, 0.1) is 0 Å². The monoisotopic (exact) mass is 337 g/mol. The Labute approximate surface area is 142 Å². The topological polar surface area (TPSA) is 21.3 Å². The number of nitrogens with one attached hydrogen (secondary N) is 1. The van der Waals surface area contributed by atoms with E-state index in [1.54, 1.807) is 0 Å². The van der Waals surface area contributed by atoms with Crippen molar-refractivity contribution in [3.63, 3.8) is 0 Å². The summed E-state index contributed by atoms with van der Waals surface area (Å²) in [5.41, 5.74) is 2.01. The molecule has 0 bridgehead atoms. The first-order chi connectivity index (χ1) is 10.6. The van der Waals surface area contributed by atoms with E-state index in [1.807, 2.05) is 36.4 Å². The van der Waals surface area contributed by atoms with Crippen LogP contribution in [0.2, 0.25) is 10.0 Å². The first-order valence-corrected chi connectivity index (χ1v) is 8.23. The normalized spacial score (nSPS) is 12.2. The number of hydrogen-bond acceptors (Lipinski definition) is 2. The van der Waals surface area contributed by atoms with E-state index in [-0.39, 0.29) is 0 Å². The molecule has 0 radical (unpaired) electrons. The van der Waals surface area contributed by atoms with E-state index in [0.717, 1.165) is 24.3 Å². The van der Waals surface area contributed by atoms with Gasteiger partial charge in [-0.3, -0.25) is 0 Å². The number of halogens is 2. The zero-order valence-electron chi connectivity index (χ0n) is 12.9. The van der Waals surface area contributed by atoms with Gasteiger partial charge in [0.25, 0.3) is 0 Å². The number of benzene rings is 2. The van der Waals surface area contributed by atoms with Crippen LogP contribution in [0.3, 0.4) is 0 Å². The smallest absolute Gasteiger partial charge is 0.120 e. The quantitative estimate of drug-likeness (QED) is 0.724. The van der Waals surface area contributed by atoms with Gasteiger partial charge in [0.15, 0.2) is 0 Å². The van der Waals surface area contributed by atoms with E-state index in [1.165, 1.54) is 5.56 Å². The zero-order chi connectivity index (χ0) is 15.9. The van der Waals surface area contributed by atoms with Crippen molar-refractivity contribution in [2.45, 2.75) is 39.5 Å². The minimum absolute atomic E-state index is 0.362. The fourth-order valence-electron chi connectivity index (χ4n) is 2.01. The average Bonchev–Trinajstić information content (AvgIpc) is 2.52. The highest BCUT2D eigenvalue weighted by atomic mass is 35.5. The molecule has 0 aliphatic heterocycles. The Hall–Kier alpha value is -1.22. The van der Waals surface area contributed by atoms with Crippen LogP contribution >= 0.6 is 23.2 Å². The Morgan fingerprint density at radius 2 is 1.77 bits per heavy atom. The molecule has 2 aromatic carbocycles. The molecule has 0 aliphatic carbocycles. The predicted molar refractivity (Wildman–Crippen MR) is 93.8 cm³/mol. The van der Waals surface area contributed by atoms with Crippen molar-refractivity contribution in [3.05, 3.63) is 63.6 Å². The summed E-state index contributed by atoms with van der Waals surface area (Å²) in [5, 5.41) is 4.72. The van der Waals surface area contributed by atoms with Crippen LogP contribution in [0.4, 0.5) is 0 Å². The number of ether oxygens (including phenoxy) is 1. The summed E-state index contributed by atoms with van der Waals surface area (Å²) in [7, 11) is 0. The minimum atomic E-state index is 0.362. The van der Waals surface area contributed by atoms with Gasteiger partial charge in [0, 0.05) is 28.2 Å². The standard InChI is InChI=1S/C18H21Cl2NO/c1-3-13(2)21-11-14-6-4-7-15(10-14)22-12-16-17(19)8-5-9-18(16)20/h4-10,13,21H,3,11-12H2,1-2H3/t13-/m1/s1. The second-order valence-electron chi connectivity index (χ2n) is 5.33. The second kappa shape index (κ2) is 8.42. The molecule has 22 heavy (non-hydrogen) atoms. The summed E-state index contributed by atoms with van der Waals surface area (Å²) < 4.78 is 5.83. The van der Waals surface area contributed by atoms with E-state index in [4.69, 9.17) is 27.9 Å². The molecule has 0 amide bonds. The molecule has 0 unspecified atom stereocenters. The lowest BCUT2D eigenvalue weighted by Crippen LogP contribution is -2.24. The molecule has 0 aromatic heterocycles. The van der Waals surface area contributed by atoms with Crippen LogP contribution in [0.25, 0.3) is 0 Å². The van der Waals surface area contributed by atoms with Gasteiger partial charge in [-0.1, -0.05) is 48.3 Å². The van der Waals surface area contributed by atoms with Crippen LogP contribution in [0.15, 0.2) is 42.5 Å². The average molecular weight is 338 g/mol. The minimum Gasteiger partial charge on any atom is -0.489 e. The summed E-state index contributed by atoms with van der Waals surface area (Å²) in [4.78, 5) is 0. The molecule has 4 heteroatoms. The summed E-state index contributed by atoms with van der Waals surface area (Å²) in [6, 6.07) is 14.0. The molecule has 0 heterocycles. The highest BCUT2D eigenvalue weighted by Gasteiger charge is 2.07. The van der Waals surface area contributed by atoms with Crippen LogP contribution in [-0.2, 0) is 13.2 Å². The molecule has 0 spiro atoms. The molecule has 118 valence electrons. The predicted octanol–water partition coefficient (Wildman–Crippen LogP) is 5.46. The van der Waals surface area contributed by atoms with E-state index >= 15 is 0 Å². The molecule has 2 rings (SSSR count). The van der Waals surface area contributed by atoms with Gasteiger partial charge in [0.2, 0.25) is 0 Å². The van der Waals surface area contributed by atoms with Crippen LogP contribution in [-0.4, -0.2) is 6.04 Å². The third-order valence-corrected chi connectivity index (χ3v) is 4.32. The van der Waals surface area contributed by atoms with Crippen molar-refractivity contribution in [2.75, 3.05) is 0 Å². The van der Waals surface area contributed by atoms with Gasteiger partial charge in [-0.15, -0.1) is 0 Å². The van der Waals surface area contributed by atoms with Crippen molar-refractivity contribution in [1.82, 2.24) is 5.32 Å². The molecule has 1 N–H and O–H groups in total. The highest BCUT2D eigenvalue weighted by molar-refractivity contribution is 6.35. The van der Waals surface area contributed by atoms with Crippen molar-refractivity contribution < 1.29 is 4.74 Å². The Bertz CT molecular complexity index is 596. The van der Waals surface area contributed by atoms with E-state index < -0.39 is 0 Å². The Morgan fingerprint density at radius 3 is 2.45 bits per heavy atom. The molecular formula is C18H21Cl2NO. The van der Waals surface area contributed by atoms with Gasteiger partial charge in [-0.05, 0) is 43.2 Å². The summed E-state index contributed by atoms with van der Waals surface area (Å²) >= 11 is 12.3. The molecule has 0 saturated heterocycles. The highest BCUT2D eigenvalue weighted by Crippen LogP contribution is 2.26. The summed E-state index contributed by atoms with van der Waals surface area (Å²) in [6.45, 7) is 5.55. The van der Waals surface area contributed by atoms with E-state index in [2.05, 4.69) is 25.2 Å². The first kappa shape index (κ1) is 17.1. The Morgan fingerprint density at radius 1 is 1.09 bits per heavy atom. The van der Waals surface area contributed by atoms with Crippen LogP contribution < -0.4 is 10.1 Å². The summed E-state index contributed by atoms with van der Waals surface area (Å²) in [5.74, 6) is 0.819. The lowest BCUT2D eigenvalue weighted by molar-refractivity contribution is 0.306. The molecule has 0 saturated carbocycles. The molecular weight excluding hydrogens is 317 g/mol. The van der Waals surface area contributed by atoms with Crippen LogP contribution in [0.1, 0.15) is 31.4 Å². The molecule has 0 fully saturated rings. The van der Waals surface area contributed by atoms with E-state index in [9.17, 15) is 0 Å². The fraction of sp³-hybridized carbons (Fsp3) is 0.333. The lowest BCUT2D eigenvalue weighted by Gasteiger charge is -2.13. The van der Waals surface area contributed by atoms with Crippen molar-refractivity contribution >= 4 is 23.2 Å². The maximum Gasteiger partial charge on any atom is 0.120 e. The van der Waals surface area contributed by atoms with Crippen LogP contribution in [0, 0.1) is 0 Å². The third-order valence-electron chi connectivity index (χ3n) is 3.61. The Balaban J connectivity index is 1.98. The van der Waals surface area contributed by atoms with Crippen molar-refractivity contribution in [1.29, 1.82) is 0 Å². The number of hydrogen-bond donors (Lipinski definition) is 1. The van der Waals surface area contributed by atoms with E-state index in [0.29, 0.717) is 22.7 Å².